The van der Waals surface area contributed by atoms with Crippen molar-refractivity contribution in [2.24, 2.45) is 0 Å². The van der Waals surface area contributed by atoms with Gasteiger partial charge in [0.15, 0.2) is 0 Å². The monoisotopic (exact) mass is 301 g/mol. The third-order valence-corrected chi connectivity index (χ3v) is 4.25. The van der Waals surface area contributed by atoms with Gasteiger partial charge in [0.05, 0.1) is 0 Å². The minimum absolute atomic E-state index is 0.0692. The van der Waals surface area contributed by atoms with Gasteiger partial charge in [-0.1, -0.05) is 39.0 Å². The summed E-state index contributed by atoms with van der Waals surface area (Å²) in [5.74, 6) is 0.401. The van der Waals surface area contributed by atoms with Crippen LogP contribution in [0.3, 0.4) is 0 Å². The molecule has 3 heteroatoms. The maximum atomic E-state index is 10.5. The van der Waals surface area contributed by atoms with Gasteiger partial charge >= 0.3 is 0 Å². The molecule has 0 aliphatic carbocycles. The number of thioether (sulfide) groups is 1. The molecule has 0 aliphatic heterocycles. The first-order valence-electron chi connectivity index (χ1n) is 7.06. The van der Waals surface area contributed by atoms with Gasteiger partial charge in [-0.25, -0.2) is 0 Å². The van der Waals surface area contributed by atoms with Crippen LogP contribution in [0.25, 0.3) is 0 Å². The largest absolute Gasteiger partial charge is 0.507 e. The lowest BCUT2D eigenvalue weighted by molar-refractivity contribution is 0.441. The summed E-state index contributed by atoms with van der Waals surface area (Å²) in [5, 5.41) is 10.5. The Morgan fingerprint density at radius 2 is 1.86 bits per heavy atom. The molecule has 0 saturated heterocycles. The zero-order valence-corrected chi connectivity index (χ0v) is 13.9. The Labute approximate surface area is 131 Å². The van der Waals surface area contributed by atoms with Crippen molar-refractivity contribution < 1.29 is 5.11 Å². The summed E-state index contributed by atoms with van der Waals surface area (Å²) in [7, 11) is 0. The Morgan fingerprint density at radius 1 is 1.14 bits per heavy atom. The number of nitrogen functional groups attached to an aromatic ring is 1. The predicted molar refractivity (Wildman–Crippen MR) is 92.2 cm³/mol. The van der Waals surface area contributed by atoms with E-state index in [0.717, 1.165) is 27.3 Å². The van der Waals surface area contributed by atoms with Gasteiger partial charge in [0.25, 0.3) is 0 Å². The van der Waals surface area contributed by atoms with Crippen LogP contribution in [0.5, 0.6) is 5.75 Å². The first-order valence-corrected chi connectivity index (χ1v) is 8.28. The molecule has 2 rings (SSSR count). The summed E-state index contributed by atoms with van der Waals surface area (Å²) >= 11 is 1.68. The van der Waals surface area contributed by atoms with Crippen molar-refractivity contribution in [3.8, 4) is 5.75 Å². The number of phenolic OH excluding ortho intramolecular Hbond substituents is 1. The van der Waals surface area contributed by atoms with Crippen molar-refractivity contribution in [3.05, 3.63) is 53.1 Å². The number of para-hydroxylation sites is 1. The van der Waals surface area contributed by atoms with Crippen molar-refractivity contribution in [1.29, 1.82) is 0 Å². The lowest BCUT2D eigenvalue weighted by atomic mass is 9.84. The van der Waals surface area contributed by atoms with Crippen LogP contribution >= 0.6 is 11.8 Å². The average molecular weight is 301 g/mol. The van der Waals surface area contributed by atoms with Gasteiger partial charge in [-0.15, -0.1) is 11.8 Å². The van der Waals surface area contributed by atoms with E-state index < -0.39 is 0 Å². The lowest BCUT2D eigenvalue weighted by Gasteiger charge is -2.22. The van der Waals surface area contributed by atoms with Crippen LogP contribution in [-0.2, 0) is 11.8 Å². The van der Waals surface area contributed by atoms with Crippen molar-refractivity contribution in [3.63, 3.8) is 0 Å². The van der Waals surface area contributed by atoms with Crippen molar-refractivity contribution in [2.45, 2.75) is 37.5 Å². The maximum Gasteiger partial charge on any atom is 0.122 e. The second-order valence-electron chi connectivity index (χ2n) is 6.35. The molecule has 3 N–H and O–H groups in total. The van der Waals surface area contributed by atoms with Crippen molar-refractivity contribution in [2.75, 3.05) is 12.0 Å². The van der Waals surface area contributed by atoms with Gasteiger partial charge in [0.1, 0.15) is 5.75 Å². The summed E-state index contributed by atoms with van der Waals surface area (Å²) in [6.07, 6.45) is 2.73. The molecule has 0 saturated carbocycles. The van der Waals surface area contributed by atoms with Crippen LogP contribution in [0, 0.1) is 0 Å². The second kappa shape index (κ2) is 6.02. The van der Waals surface area contributed by atoms with E-state index in [1.165, 1.54) is 0 Å². The van der Waals surface area contributed by atoms with Gasteiger partial charge < -0.3 is 10.8 Å². The Balaban J connectivity index is 2.39. The third-order valence-electron chi connectivity index (χ3n) is 3.55. The quantitative estimate of drug-likeness (QED) is 0.644. The summed E-state index contributed by atoms with van der Waals surface area (Å²) in [6, 6.07) is 12.1. The number of nitrogens with two attached hydrogens (primary N) is 1. The van der Waals surface area contributed by atoms with E-state index in [1.807, 2.05) is 36.6 Å². The van der Waals surface area contributed by atoms with Crippen LogP contribution in [0.1, 0.15) is 37.5 Å². The number of hydrogen-bond acceptors (Lipinski definition) is 3. The first-order chi connectivity index (χ1) is 9.81. The Bertz CT molecular complexity index is 644. The highest BCUT2D eigenvalue weighted by atomic mass is 32.2. The zero-order chi connectivity index (χ0) is 15.6. The maximum absolute atomic E-state index is 10.5. The van der Waals surface area contributed by atoms with Gasteiger partial charge in [0.2, 0.25) is 0 Å². The third kappa shape index (κ3) is 3.73. The zero-order valence-electron chi connectivity index (χ0n) is 13.1. The number of phenols is 1. The predicted octanol–water partition coefficient (Wildman–Crippen LogP) is 4.58. The molecule has 2 aromatic rings. The minimum Gasteiger partial charge on any atom is -0.507 e. The lowest BCUT2D eigenvalue weighted by Crippen LogP contribution is -2.12. The molecule has 0 aromatic heterocycles. The Kier molecular flexibility index (Phi) is 4.52. The molecule has 112 valence electrons. The molecule has 0 fully saturated rings. The first kappa shape index (κ1) is 15.8. The molecule has 0 atom stereocenters. The van der Waals surface area contributed by atoms with Crippen LogP contribution in [0.2, 0.25) is 0 Å². The van der Waals surface area contributed by atoms with E-state index in [0.29, 0.717) is 12.2 Å². The summed E-state index contributed by atoms with van der Waals surface area (Å²) in [5.41, 5.74) is 9.70. The van der Waals surface area contributed by atoms with E-state index >= 15 is 0 Å². The molecule has 0 aliphatic rings. The topological polar surface area (TPSA) is 46.2 Å². The van der Waals surface area contributed by atoms with E-state index in [9.17, 15) is 5.11 Å². The Morgan fingerprint density at radius 3 is 2.48 bits per heavy atom. The Hall–Kier alpha value is -1.61. The molecule has 0 heterocycles. The molecule has 0 unspecified atom stereocenters. The highest BCUT2D eigenvalue weighted by molar-refractivity contribution is 7.98. The van der Waals surface area contributed by atoms with E-state index in [2.05, 4.69) is 26.8 Å². The normalized spacial score (nSPS) is 11.6. The minimum atomic E-state index is -0.0692. The SMILES string of the molecule is CSc1cc(N)cc(Cc2cccc(C(C)(C)C)c2O)c1. The van der Waals surface area contributed by atoms with E-state index in [-0.39, 0.29) is 5.41 Å². The number of anilines is 1. The molecular weight excluding hydrogens is 278 g/mol. The fraction of sp³-hybridized carbons (Fsp3) is 0.333. The van der Waals surface area contributed by atoms with Crippen LogP contribution in [0.4, 0.5) is 5.69 Å². The van der Waals surface area contributed by atoms with Gasteiger partial charge in [-0.3, -0.25) is 0 Å². The summed E-state index contributed by atoms with van der Waals surface area (Å²) in [6.45, 7) is 6.33. The molecular formula is C18H23NOS. The second-order valence-corrected chi connectivity index (χ2v) is 7.23. The van der Waals surface area contributed by atoms with Crippen LogP contribution in [-0.4, -0.2) is 11.4 Å². The van der Waals surface area contributed by atoms with Gasteiger partial charge in [0, 0.05) is 17.0 Å². The van der Waals surface area contributed by atoms with Crippen molar-refractivity contribution in [1.82, 2.24) is 0 Å². The molecule has 2 nitrogen and oxygen atoms in total. The fourth-order valence-electron chi connectivity index (χ4n) is 2.47. The van der Waals surface area contributed by atoms with Crippen LogP contribution in [0.15, 0.2) is 41.3 Å². The molecule has 0 spiro atoms. The number of aromatic hydroxyl groups is 1. The van der Waals surface area contributed by atoms with E-state index in [4.69, 9.17) is 5.73 Å². The smallest absolute Gasteiger partial charge is 0.122 e. The summed E-state index contributed by atoms with van der Waals surface area (Å²) in [4.78, 5) is 1.15. The fourth-order valence-corrected chi connectivity index (χ4v) is 2.99. The van der Waals surface area contributed by atoms with Gasteiger partial charge in [-0.05, 0) is 46.6 Å². The number of benzene rings is 2. The molecule has 0 amide bonds. The van der Waals surface area contributed by atoms with Gasteiger partial charge in [-0.2, -0.15) is 0 Å². The van der Waals surface area contributed by atoms with Crippen molar-refractivity contribution >= 4 is 17.4 Å². The summed E-state index contributed by atoms with van der Waals surface area (Å²) < 4.78 is 0. The molecule has 21 heavy (non-hydrogen) atoms. The molecule has 0 radical (unpaired) electrons. The van der Waals surface area contributed by atoms with Crippen LogP contribution < -0.4 is 5.73 Å². The number of rotatable bonds is 3. The molecule has 0 bridgehead atoms. The highest BCUT2D eigenvalue weighted by Gasteiger charge is 2.19. The molecule has 2 aromatic carbocycles. The van der Waals surface area contributed by atoms with E-state index in [1.54, 1.807) is 11.8 Å². The number of hydrogen-bond donors (Lipinski definition) is 2. The highest BCUT2D eigenvalue weighted by Crippen LogP contribution is 2.34. The standard InChI is InChI=1S/C18H23NOS/c1-18(2,3)16-7-5-6-13(17(16)20)8-12-9-14(19)11-15(10-12)21-4/h5-7,9-11,20H,8,19H2,1-4H3. The average Bonchev–Trinajstić information content (AvgIpc) is 2.39.